The lowest BCUT2D eigenvalue weighted by Gasteiger charge is -2.29. The molecule has 1 aromatic carbocycles. The lowest BCUT2D eigenvalue weighted by molar-refractivity contribution is -0.159. The Hall–Kier alpha value is -4.14. The SMILES string of the molecule is CC[C@@H]1C[C@]1(CC(=O)[C@@H]1C[C@@H](OC(=O)N2Cc3cccc(F)c3C2)CN1C(=O)[C@H](CCC(=O)C=C1CCC1)CC(=O)OC(C)(C)C)C(=O)NS(=O)(=O)C1CC1. The maximum atomic E-state index is 14.5. The van der Waals surface area contributed by atoms with Gasteiger partial charge in [0.1, 0.15) is 17.5 Å². The van der Waals surface area contributed by atoms with E-state index >= 15 is 0 Å². The molecule has 3 saturated carbocycles. The number of esters is 1. The number of ether oxygens (including phenoxy) is 2. The molecule has 5 aliphatic rings. The predicted octanol–water partition coefficient (Wildman–Crippen LogP) is 5.04. The summed E-state index contributed by atoms with van der Waals surface area (Å²) in [6, 6.07) is 3.42. The monoisotopic (exact) mass is 785 g/mol. The van der Waals surface area contributed by atoms with Crippen LogP contribution in [0.4, 0.5) is 9.18 Å². The fourth-order valence-corrected chi connectivity index (χ4v) is 9.43. The van der Waals surface area contributed by atoms with E-state index in [2.05, 4.69) is 4.72 Å². The van der Waals surface area contributed by atoms with E-state index in [-0.39, 0.29) is 63.4 Å². The van der Waals surface area contributed by atoms with Crippen LogP contribution in [0.25, 0.3) is 0 Å². The number of hydrogen-bond donors (Lipinski definition) is 1. The Morgan fingerprint density at radius 1 is 1.09 bits per heavy atom. The number of sulfonamides is 1. The molecule has 1 aromatic rings. The second kappa shape index (κ2) is 15.8. The number of carbonyl (C=O) groups excluding carboxylic acids is 6. The number of allylic oxidation sites excluding steroid dienone is 2. The van der Waals surface area contributed by atoms with Gasteiger partial charge in [-0.25, -0.2) is 17.6 Å². The number of carbonyl (C=O) groups is 6. The third kappa shape index (κ3) is 9.46. The molecule has 0 aromatic heterocycles. The number of nitrogens with zero attached hydrogens (tertiary/aromatic N) is 2. The van der Waals surface area contributed by atoms with Crippen molar-refractivity contribution in [3.8, 4) is 0 Å². The van der Waals surface area contributed by atoms with Crippen molar-refractivity contribution < 1.29 is 51.0 Å². The van der Waals surface area contributed by atoms with Gasteiger partial charge in [0.25, 0.3) is 0 Å². The maximum Gasteiger partial charge on any atom is 0.410 e. The molecule has 300 valence electrons. The van der Waals surface area contributed by atoms with E-state index in [0.717, 1.165) is 24.8 Å². The molecular formula is C40H52FN3O10S. The first-order chi connectivity index (χ1) is 25.9. The zero-order valence-electron chi connectivity index (χ0n) is 32.1. The second-order valence-electron chi connectivity index (χ2n) is 16.9. The van der Waals surface area contributed by atoms with E-state index in [1.807, 2.05) is 6.92 Å². The maximum absolute atomic E-state index is 14.5. The fraction of sp³-hybridized carbons (Fsp3) is 0.650. The Labute approximate surface area is 321 Å². The third-order valence-corrected chi connectivity index (χ3v) is 13.3. The van der Waals surface area contributed by atoms with Crippen molar-refractivity contribution in [2.45, 2.75) is 141 Å². The van der Waals surface area contributed by atoms with Crippen LogP contribution in [-0.2, 0) is 56.6 Å². The van der Waals surface area contributed by atoms with Crippen LogP contribution >= 0.6 is 0 Å². The molecule has 0 radical (unpaired) electrons. The zero-order chi connectivity index (χ0) is 39.9. The number of benzene rings is 1. The summed E-state index contributed by atoms with van der Waals surface area (Å²) in [5, 5.41) is -0.639. The number of ketones is 2. The Bertz CT molecular complexity index is 1880. The molecule has 55 heavy (non-hydrogen) atoms. The largest absolute Gasteiger partial charge is 0.460 e. The minimum absolute atomic E-state index is 0.00341. The van der Waals surface area contributed by atoms with Crippen molar-refractivity contribution >= 4 is 45.5 Å². The first-order valence-electron chi connectivity index (χ1n) is 19.4. The van der Waals surface area contributed by atoms with Crippen LogP contribution in [0, 0.1) is 23.1 Å². The van der Waals surface area contributed by atoms with E-state index in [9.17, 15) is 41.6 Å². The van der Waals surface area contributed by atoms with Gasteiger partial charge < -0.3 is 14.4 Å². The number of likely N-dealkylation sites (tertiary alicyclic amines) is 1. The number of fused-ring (bicyclic) bond motifs is 1. The second-order valence-corrected chi connectivity index (χ2v) is 18.9. The number of amides is 3. The summed E-state index contributed by atoms with van der Waals surface area (Å²) in [5.41, 5.74) is -0.0684. The molecule has 0 spiro atoms. The van der Waals surface area contributed by atoms with Gasteiger partial charge in [0, 0.05) is 37.3 Å². The minimum Gasteiger partial charge on any atom is -0.460 e. The number of Topliss-reactive ketones (excluding diaryl/α,β-unsaturated/α-hetero) is 1. The number of rotatable bonds is 15. The molecule has 15 heteroatoms. The smallest absolute Gasteiger partial charge is 0.410 e. The standard InChI is InChI=1S/C40H52FN3O10S/c1-5-27-19-40(27,37(49)42-55(51,52)30-14-15-30)20-34(46)33-18-29(53-38(50)43-21-26-10-7-11-32(41)31(26)23-43)22-44(33)36(48)25(17-35(47)54-39(2,3)4)12-13-28(45)16-24-8-6-9-24/h7,10-11,16,25,27,29-30,33H,5-6,8-9,12-15,17-23H2,1-4H3,(H,42,49)/t25-,27-,29-,33+,40-/m1/s1. The van der Waals surface area contributed by atoms with Crippen LogP contribution in [0.5, 0.6) is 0 Å². The van der Waals surface area contributed by atoms with Crippen LogP contribution in [-0.4, -0.2) is 83.2 Å². The van der Waals surface area contributed by atoms with E-state index in [1.165, 1.54) is 15.9 Å². The molecule has 2 heterocycles. The molecule has 3 amide bonds. The summed E-state index contributed by atoms with van der Waals surface area (Å²) in [6.07, 6.45) is 3.48. The molecular weight excluding hydrogens is 734 g/mol. The van der Waals surface area contributed by atoms with Gasteiger partial charge in [-0.15, -0.1) is 0 Å². The van der Waals surface area contributed by atoms with E-state index < -0.39 is 79.8 Å². The fourth-order valence-electron chi connectivity index (χ4n) is 8.04. The quantitative estimate of drug-likeness (QED) is 0.188. The molecule has 3 aliphatic carbocycles. The third-order valence-electron chi connectivity index (χ3n) is 11.5. The summed E-state index contributed by atoms with van der Waals surface area (Å²) in [7, 11) is -3.88. The van der Waals surface area contributed by atoms with E-state index in [1.54, 1.807) is 39.0 Å². The van der Waals surface area contributed by atoms with Crippen molar-refractivity contribution in [1.29, 1.82) is 0 Å². The Balaban J connectivity index is 1.23. The Kier molecular flexibility index (Phi) is 11.6. The highest BCUT2D eigenvalue weighted by molar-refractivity contribution is 7.90. The van der Waals surface area contributed by atoms with Gasteiger partial charge in [-0.05, 0) is 89.3 Å². The van der Waals surface area contributed by atoms with Crippen LogP contribution in [0.15, 0.2) is 29.8 Å². The number of nitrogens with one attached hydrogen (secondary N) is 1. The molecule has 0 bridgehead atoms. The Morgan fingerprint density at radius 3 is 2.42 bits per heavy atom. The summed E-state index contributed by atoms with van der Waals surface area (Å²) in [5.74, 6) is -4.40. The van der Waals surface area contributed by atoms with Crippen molar-refractivity contribution in [3.63, 3.8) is 0 Å². The summed E-state index contributed by atoms with van der Waals surface area (Å²) >= 11 is 0. The van der Waals surface area contributed by atoms with Gasteiger partial charge in [-0.3, -0.25) is 33.6 Å². The normalized spacial score (nSPS) is 25.0. The van der Waals surface area contributed by atoms with Crippen LogP contribution in [0.1, 0.15) is 116 Å². The highest BCUT2D eigenvalue weighted by atomic mass is 32.2. The summed E-state index contributed by atoms with van der Waals surface area (Å²) in [6.45, 7) is 6.84. The first-order valence-corrected chi connectivity index (χ1v) is 21.0. The van der Waals surface area contributed by atoms with Crippen molar-refractivity contribution in [1.82, 2.24) is 14.5 Å². The van der Waals surface area contributed by atoms with Gasteiger partial charge in [-0.2, -0.15) is 0 Å². The molecule has 1 N–H and O–H groups in total. The number of hydrogen-bond acceptors (Lipinski definition) is 10. The Morgan fingerprint density at radius 2 is 1.82 bits per heavy atom. The highest BCUT2D eigenvalue weighted by Gasteiger charge is 2.61. The predicted molar refractivity (Wildman–Crippen MR) is 197 cm³/mol. The van der Waals surface area contributed by atoms with Gasteiger partial charge >= 0.3 is 12.1 Å². The average Bonchev–Trinajstić information content (AvgIpc) is 3.98. The van der Waals surface area contributed by atoms with Gasteiger partial charge in [0.05, 0.1) is 36.2 Å². The van der Waals surface area contributed by atoms with Crippen molar-refractivity contribution in [3.05, 3.63) is 46.8 Å². The number of halogens is 1. The lowest BCUT2D eigenvalue weighted by Crippen LogP contribution is -2.46. The molecule has 6 rings (SSSR count). The van der Waals surface area contributed by atoms with Crippen LogP contribution in [0.3, 0.4) is 0 Å². The summed E-state index contributed by atoms with van der Waals surface area (Å²) in [4.78, 5) is 84.5. The van der Waals surface area contributed by atoms with Crippen LogP contribution < -0.4 is 4.72 Å². The molecule has 1 saturated heterocycles. The average molecular weight is 786 g/mol. The molecule has 0 unspecified atom stereocenters. The topological polar surface area (TPSA) is 174 Å². The molecule has 4 fully saturated rings. The first kappa shape index (κ1) is 40.5. The van der Waals surface area contributed by atoms with Gasteiger partial charge in [0.15, 0.2) is 11.6 Å². The zero-order valence-corrected chi connectivity index (χ0v) is 32.9. The van der Waals surface area contributed by atoms with E-state index in [0.29, 0.717) is 36.8 Å². The highest BCUT2D eigenvalue weighted by Crippen LogP contribution is 2.58. The minimum atomic E-state index is -3.88. The van der Waals surface area contributed by atoms with E-state index in [4.69, 9.17) is 9.47 Å². The molecule has 2 aliphatic heterocycles. The molecule has 13 nitrogen and oxygen atoms in total. The van der Waals surface area contributed by atoms with Crippen LogP contribution in [0.2, 0.25) is 0 Å². The lowest BCUT2D eigenvalue weighted by atomic mass is 9.89. The van der Waals surface area contributed by atoms with Gasteiger partial charge in [-0.1, -0.05) is 31.1 Å². The van der Waals surface area contributed by atoms with Crippen molar-refractivity contribution in [2.24, 2.45) is 17.3 Å². The molecule has 5 atom stereocenters. The van der Waals surface area contributed by atoms with Crippen molar-refractivity contribution in [2.75, 3.05) is 6.54 Å². The van der Waals surface area contributed by atoms with Gasteiger partial charge in [0.2, 0.25) is 21.8 Å². The summed E-state index contributed by atoms with van der Waals surface area (Å²) < 4.78 is 53.5.